The molecule has 0 bridgehead atoms. The van der Waals surface area contributed by atoms with Gasteiger partial charge >= 0.3 is 5.97 Å². The first-order valence-corrected chi connectivity index (χ1v) is 6.46. The molecule has 5 nitrogen and oxygen atoms in total. The maximum Gasteiger partial charge on any atom is 0.357 e. The molecule has 0 aliphatic rings. The number of nitrogens with zero attached hydrogens (tertiary/aromatic N) is 2. The summed E-state index contributed by atoms with van der Waals surface area (Å²) < 4.78 is 11.9. The third kappa shape index (κ3) is 2.52. The Morgan fingerprint density at radius 3 is 2.75 bits per heavy atom. The minimum Gasteiger partial charge on any atom is -0.497 e. The average molecular weight is 274 g/mol. The minimum absolute atomic E-state index is 0.334. The molecule has 1 aromatic heterocycles. The third-order valence-electron chi connectivity index (χ3n) is 3.13. The van der Waals surface area contributed by atoms with Gasteiger partial charge in [-0.05, 0) is 32.9 Å². The van der Waals surface area contributed by atoms with E-state index in [4.69, 9.17) is 9.47 Å². The van der Waals surface area contributed by atoms with E-state index in [0.717, 1.165) is 16.9 Å². The van der Waals surface area contributed by atoms with Crippen molar-refractivity contribution in [3.05, 3.63) is 41.2 Å². The van der Waals surface area contributed by atoms with Gasteiger partial charge in [-0.25, -0.2) is 9.48 Å². The second kappa shape index (κ2) is 5.77. The van der Waals surface area contributed by atoms with Crippen molar-refractivity contribution in [3.8, 4) is 11.4 Å². The molecule has 0 unspecified atom stereocenters. The van der Waals surface area contributed by atoms with Crippen molar-refractivity contribution in [1.82, 2.24) is 9.78 Å². The molecular formula is C15H18N2O3. The summed E-state index contributed by atoms with van der Waals surface area (Å²) in [6.07, 6.45) is 0. The van der Waals surface area contributed by atoms with Gasteiger partial charge in [0.15, 0.2) is 5.69 Å². The topological polar surface area (TPSA) is 53.3 Å². The van der Waals surface area contributed by atoms with Crippen LogP contribution in [-0.2, 0) is 4.74 Å². The van der Waals surface area contributed by atoms with Crippen molar-refractivity contribution in [2.24, 2.45) is 0 Å². The fourth-order valence-corrected chi connectivity index (χ4v) is 1.97. The Labute approximate surface area is 118 Å². The van der Waals surface area contributed by atoms with Crippen LogP contribution in [0.25, 0.3) is 5.69 Å². The first-order valence-electron chi connectivity index (χ1n) is 6.46. The Hall–Kier alpha value is -2.30. The summed E-state index contributed by atoms with van der Waals surface area (Å²) in [4.78, 5) is 12.1. The van der Waals surface area contributed by atoms with Gasteiger partial charge in [-0.1, -0.05) is 6.07 Å². The number of rotatable bonds is 4. The van der Waals surface area contributed by atoms with Crippen LogP contribution in [0.1, 0.15) is 28.7 Å². The monoisotopic (exact) mass is 274 g/mol. The molecular weight excluding hydrogens is 256 g/mol. The molecule has 0 atom stereocenters. The van der Waals surface area contributed by atoms with Gasteiger partial charge in [0.2, 0.25) is 0 Å². The lowest BCUT2D eigenvalue weighted by Gasteiger charge is -2.09. The Morgan fingerprint density at radius 1 is 1.35 bits per heavy atom. The van der Waals surface area contributed by atoms with E-state index >= 15 is 0 Å². The SMILES string of the molecule is CCOC(=O)c1c(C)c(C)nn1-c1cccc(OC)c1. The highest BCUT2D eigenvalue weighted by Crippen LogP contribution is 2.21. The zero-order chi connectivity index (χ0) is 14.7. The highest BCUT2D eigenvalue weighted by molar-refractivity contribution is 5.90. The Morgan fingerprint density at radius 2 is 2.10 bits per heavy atom. The van der Waals surface area contributed by atoms with Crippen LogP contribution in [0, 0.1) is 13.8 Å². The number of hydrogen-bond donors (Lipinski definition) is 0. The molecule has 1 heterocycles. The second-order valence-electron chi connectivity index (χ2n) is 4.39. The minimum atomic E-state index is -0.367. The molecule has 20 heavy (non-hydrogen) atoms. The quantitative estimate of drug-likeness (QED) is 0.804. The van der Waals surface area contributed by atoms with Gasteiger partial charge in [0.25, 0.3) is 0 Å². The Kier molecular flexibility index (Phi) is 4.08. The van der Waals surface area contributed by atoms with Crippen LogP contribution in [-0.4, -0.2) is 29.5 Å². The van der Waals surface area contributed by atoms with E-state index in [-0.39, 0.29) is 5.97 Å². The van der Waals surface area contributed by atoms with Crippen LogP contribution >= 0.6 is 0 Å². The second-order valence-corrected chi connectivity index (χ2v) is 4.39. The summed E-state index contributed by atoms with van der Waals surface area (Å²) in [6, 6.07) is 7.40. The molecule has 2 aromatic rings. The molecule has 0 saturated carbocycles. The predicted octanol–water partition coefficient (Wildman–Crippen LogP) is 2.67. The van der Waals surface area contributed by atoms with E-state index in [2.05, 4.69) is 5.10 Å². The summed E-state index contributed by atoms with van der Waals surface area (Å²) in [7, 11) is 1.60. The van der Waals surface area contributed by atoms with Gasteiger partial charge in [-0.3, -0.25) is 0 Å². The number of esters is 1. The third-order valence-corrected chi connectivity index (χ3v) is 3.13. The van der Waals surface area contributed by atoms with Crippen LogP contribution in [0.4, 0.5) is 0 Å². The van der Waals surface area contributed by atoms with Crippen LogP contribution in [0.15, 0.2) is 24.3 Å². The molecule has 0 saturated heterocycles. The van der Waals surface area contributed by atoms with Crippen molar-refractivity contribution >= 4 is 5.97 Å². The highest BCUT2D eigenvalue weighted by Gasteiger charge is 2.21. The molecule has 0 N–H and O–H groups in total. The van der Waals surface area contributed by atoms with E-state index in [1.165, 1.54) is 0 Å². The van der Waals surface area contributed by atoms with E-state index in [1.54, 1.807) is 18.7 Å². The molecule has 0 spiro atoms. The number of ether oxygens (including phenoxy) is 2. The fraction of sp³-hybridized carbons (Fsp3) is 0.333. The number of benzene rings is 1. The summed E-state index contributed by atoms with van der Waals surface area (Å²) in [5, 5.41) is 4.42. The van der Waals surface area contributed by atoms with E-state index in [1.807, 2.05) is 38.1 Å². The van der Waals surface area contributed by atoms with Crippen LogP contribution in [0.3, 0.4) is 0 Å². The number of methoxy groups -OCH3 is 1. The molecule has 0 aliphatic carbocycles. The maximum absolute atomic E-state index is 12.1. The molecule has 0 fully saturated rings. The molecule has 0 amide bonds. The number of hydrogen-bond acceptors (Lipinski definition) is 4. The Balaban J connectivity index is 2.55. The largest absolute Gasteiger partial charge is 0.497 e. The summed E-state index contributed by atoms with van der Waals surface area (Å²) in [5.74, 6) is 0.344. The van der Waals surface area contributed by atoms with Crippen molar-refractivity contribution in [1.29, 1.82) is 0 Å². The van der Waals surface area contributed by atoms with Crippen molar-refractivity contribution in [3.63, 3.8) is 0 Å². The maximum atomic E-state index is 12.1. The van der Waals surface area contributed by atoms with Crippen molar-refractivity contribution < 1.29 is 14.3 Å². The van der Waals surface area contributed by atoms with E-state index in [0.29, 0.717) is 18.1 Å². The van der Waals surface area contributed by atoms with Gasteiger partial charge in [0.1, 0.15) is 5.75 Å². The van der Waals surface area contributed by atoms with Crippen molar-refractivity contribution in [2.45, 2.75) is 20.8 Å². The molecule has 0 aliphatic heterocycles. The predicted molar refractivity (Wildman–Crippen MR) is 75.5 cm³/mol. The first kappa shape index (κ1) is 14.1. The molecule has 5 heteroatoms. The normalized spacial score (nSPS) is 10.4. The lowest BCUT2D eigenvalue weighted by molar-refractivity contribution is 0.0515. The van der Waals surface area contributed by atoms with Gasteiger partial charge in [-0.2, -0.15) is 5.10 Å². The number of aryl methyl sites for hydroxylation is 1. The smallest absolute Gasteiger partial charge is 0.357 e. The summed E-state index contributed by atoms with van der Waals surface area (Å²) >= 11 is 0. The zero-order valence-corrected chi connectivity index (χ0v) is 12.1. The zero-order valence-electron chi connectivity index (χ0n) is 12.1. The van der Waals surface area contributed by atoms with Crippen LogP contribution in [0.2, 0.25) is 0 Å². The van der Waals surface area contributed by atoms with Gasteiger partial charge in [-0.15, -0.1) is 0 Å². The first-order chi connectivity index (χ1) is 9.58. The number of carbonyl (C=O) groups excluding carboxylic acids is 1. The van der Waals surface area contributed by atoms with Gasteiger partial charge < -0.3 is 9.47 Å². The fourth-order valence-electron chi connectivity index (χ4n) is 1.97. The molecule has 2 rings (SSSR count). The van der Waals surface area contributed by atoms with E-state index < -0.39 is 0 Å². The van der Waals surface area contributed by atoms with Crippen molar-refractivity contribution in [2.75, 3.05) is 13.7 Å². The highest BCUT2D eigenvalue weighted by atomic mass is 16.5. The molecule has 1 aromatic carbocycles. The standard InChI is InChI=1S/C15H18N2O3/c1-5-20-15(18)14-10(2)11(3)16-17(14)12-7-6-8-13(9-12)19-4/h6-9H,5H2,1-4H3. The van der Waals surface area contributed by atoms with E-state index in [9.17, 15) is 4.79 Å². The number of aromatic nitrogens is 2. The average Bonchev–Trinajstić information content (AvgIpc) is 2.75. The lowest BCUT2D eigenvalue weighted by Crippen LogP contribution is -2.13. The van der Waals surface area contributed by atoms with Crippen LogP contribution in [0.5, 0.6) is 5.75 Å². The van der Waals surface area contributed by atoms with Crippen LogP contribution < -0.4 is 4.74 Å². The van der Waals surface area contributed by atoms with Gasteiger partial charge in [0.05, 0.1) is 25.1 Å². The lowest BCUT2D eigenvalue weighted by atomic mass is 10.2. The Bertz CT molecular complexity index is 632. The summed E-state index contributed by atoms with van der Waals surface area (Å²) in [6.45, 7) is 5.85. The van der Waals surface area contributed by atoms with Gasteiger partial charge in [0, 0.05) is 11.6 Å². The molecule has 106 valence electrons. The summed E-state index contributed by atoms with van der Waals surface area (Å²) in [5.41, 5.74) is 2.85. The molecule has 0 radical (unpaired) electrons. The number of carbonyl (C=O) groups is 1.